The lowest BCUT2D eigenvalue weighted by atomic mass is 10.0. The van der Waals surface area contributed by atoms with Gasteiger partial charge in [-0.25, -0.2) is 4.79 Å². The van der Waals surface area contributed by atoms with Crippen LogP contribution in [0.15, 0.2) is 24.3 Å². The van der Waals surface area contributed by atoms with Crippen molar-refractivity contribution in [1.29, 1.82) is 0 Å². The summed E-state index contributed by atoms with van der Waals surface area (Å²) in [5.74, 6) is -0.0974. The van der Waals surface area contributed by atoms with E-state index in [0.717, 1.165) is 16.9 Å². The molecule has 1 heterocycles. The van der Waals surface area contributed by atoms with Crippen LogP contribution in [0.5, 0.6) is 10.9 Å². The molecule has 0 atom stereocenters. The average molecular weight is 298 g/mol. The van der Waals surface area contributed by atoms with Crippen molar-refractivity contribution in [3.8, 4) is 10.9 Å². The van der Waals surface area contributed by atoms with Crippen LogP contribution in [0.3, 0.4) is 0 Å². The van der Waals surface area contributed by atoms with Crippen LogP contribution in [0.4, 0.5) is 0 Å². The molecule has 0 aliphatic heterocycles. The highest BCUT2D eigenvalue weighted by Gasteiger charge is 2.17. The number of carboxylic acid groups (broad SMARTS) is 1. The SMILES string of the molecule is CC(C)c1cccc(Oc2nc(Cl)c(C(=O)O)s2)c1. The Morgan fingerprint density at radius 1 is 1.47 bits per heavy atom. The molecule has 0 aliphatic rings. The fourth-order valence-electron chi connectivity index (χ4n) is 1.50. The second-order valence-electron chi connectivity index (χ2n) is 4.23. The van der Waals surface area contributed by atoms with Crippen LogP contribution in [-0.2, 0) is 0 Å². The molecule has 0 aliphatic carbocycles. The first-order chi connectivity index (χ1) is 8.97. The van der Waals surface area contributed by atoms with Crippen LogP contribution >= 0.6 is 22.9 Å². The summed E-state index contributed by atoms with van der Waals surface area (Å²) in [4.78, 5) is 14.7. The minimum absolute atomic E-state index is 0.0170. The molecule has 0 unspecified atom stereocenters. The number of carboxylic acids is 1. The van der Waals surface area contributed by atoms with Gasteiger partial charge in [0.1, 0.15) is 5.75 Å². The van der Waals surface area contributed by atoms with Crippen molar-refractivity contribution < 1.29 is 14.6 Å². The van der Waals surface area contributed by atoms with Crippen LogP contribution in [0, 0.1) is 0 Å². The third-order valence-electron chi connectivity index (χ3n) is 2.49. The minimum Gasteiger partial charge on any atom is -0.477 e. The Bertz CT molecular complexity index is 610. The summed E-state index contributed by atoms with van der Waals surface area (Å²) < 4.78 is 5.54. The molecular weight excluding hydrogens is 286 g/mol. The molecule has 1 aromatic heterocycles. The lowest BCUT2D eigenvalue weighted by molar-refractivity contribution is 0.0702. The Kier molecular flexibility index (Phi) is 4.07. The normalized spacial score (nSPS) is 10.7. The molecule has 0 fully saturated rings. The molecule has 0 amide bonds. The molecule has 0 bridgehead atoms. The van der Waals surface area contributed by atoms with E-state index in [9.17, 15) is 4.79 Å². The van der Waals surface area contributed by atoms with Crippen LogP contribution in [0.2, 0.25) is 5.15 Å². The van der Waals surface area contributed by atoms with E-state index in [-0.39, 0.29) is 15.2 Å². The Morgan fingerprint density at radius 2 is 2.21 bits per heavy atom. The van der Waals surface area contributed by atoms with Crippen molar-refractivity contribution in [2.45, 2.75) is 19.8 Å². The number of rotatable bonds is 4. The highest BCUT2D eigenvalue weighted by Crippen LogP contribution is 2.32. The van der Waals surface area contributed by atoms with Gasteiger partial charge in [0.15, 0.2) is 10.0 Å². The van der Waals surface area contributed by atoms with E-state index in [0.29, 0.717) is 11.7 Å². The summed E-state index contributed by atoms with van der Waals surface area (Å²) in [6, 6.07) is 7.59. The maximum absolute atomic E-state index is 10.9. The van der Waals surface area contributed by atoms with E-state index in [2.05, 4.69) is 18.8 Å². The standard InChI is InChI=1S/C13H12ClNO3S/c1-7(2)8-4-3-5-9(6-8)18-13-15-11(14)10(19-13)12(16)17/h3-7H,1-2H3,(H,16,17). The minimum atomic E-state index is -1.10. The maximum Gasteiger partial charge on any atom is 0.349 e. The fraction of sp³-hybridized carbons (Fsp3) is 0.231. The number of aromatic carboxylic acids is 1. The number of nitrogens with zero attached hydrogens (tertiary/aromatic N) is 1. The fourth-order valence-corrected chi connectivity index (χ4v) is 2.49. The molecule has 0 saturated carbocycles. The van der Waals surface area contributed by atoms with E-state index >= 15 is 0 Å². The van der Waals surface area contributed by atoms with Crippen molar-refractivity contribution >= 4 is 28.9 Å². The summed E-state index contributed by atoms with van der Waals surface area (Å²) in [5.41, 5.74) is 1.14. The lowest BCUT2D eigenvalue weighted by Crippen LogP contribution is -1.91. The van der Waals surface area contributed by atoms with E-state index in [1.54, 1.807) is 6.07 Å². The molecular formula is C13H12ClNO3S. The Morgan fingerprint density at radius 3 is 2.79 bits per heavy atom. The number of hydrogen-bond donors (Lipinski definition) is 1. The first kappa shape index (κ1) is 13.8. The number of aromatic nitrogens is 1. The van der Waals surface area contributed by atoms with Gasteiger partial charge in [-0.1, -0.05) is 48.9 Å². The number of hydrogen-bond acceptors (Lipinski definition) is 4. The van der Waals surface area contributed by atoms with Gasteiger partial charge in [-0.15, -0.1) is 0 Å². The van der Waals surface area contributed by atoms with Gasteiger partial charge in [0.05, 0.1) is 0 Å². The van der Waals surface area contributed by atoms with Gasteiger partial charge in [-0.3, -0.25) is 0 Å². The summed E-state index contributed by atoms with van der Waals surface area (Å²) in [5, 5.41) is 9.07. The van der Waals surface area contributed by atoms with Gasteiger partial charge in [0.25, 0.3) is 5.19 Å². The Labute approximate surface area is 119 Å². The van der Waals surface area contributed by atoms with Gasteiger partial charge in [0.2, 0.25) is 0 Å². The maximum atomic E-state index is 10.9. The van der Waals surface area contributed by atoms with Crippen molar-refractivity contribution in [1.82, 2.24) is 4.98 Å². The van der Waals surface area contributed by atoms with E-state index in [1.807, 2.05) is 18.2 Å². The van der Waals surface area contributed by atoms with Gasteiger partial charge in [0, 0.05) is 0 Å². The molecule has 1 N–H and O–H groups in total. The van der Waals surface area contributed by atoms with Crippen molar-refractivity contribution in [3.05, 3.63) is 39.9 Å². The smallest absolute Gasteiger partial charge is 0.349 e. The quantitative estimate of drug-likeness (QED) is 0.908. The Balaban J connectivity index is 2.24. The van der Waals surface area contributed by atoms with Gasteiger partial charge < -0.3 is 9.84 Å². The molecule has 0 spiro atoms. The number of carbonyl (C=O) groups is 1. The van der Waals surface area contributed by atoms with Crippen LogP contribution in [-0.4, -0.2) is 16.1 Å². The predicted molar refractivity (Wildman–Crippen MR) is 74.7 cm³/mol. The predicted octanol–water partition coefficient (Wildman–Crippen LogP) is 4.41. The summed E-state index contributed by atoms with van der Waals surface area (Å²) in [6.45, 7) is 4.17. The zero-order chi connectivity index (χ0) is 14.0. The largest absolute Gasteiger partial charge is 0.477 e. The zero-order valence-corrected chi connectivity index (χ0v) is 12.0. The van der Waals surface area contributed by atoms with Gasteiger partial charge >= 0.3 is 5.97 Å². The molecule has 100 valence electrons. The Hall–Kier alpha value is -1.59. The first-order valence-corrected chi connectivity index (χ1v) is 6.84. The van der Waals surface area contributed by atoms with Crippen molar-refractivity contribution in [2.24, 2.45) is 0 Å². The van der Waals surface area contributed by atoms with E-state index in [4.69, 9.17) is 21.4 Å². The van der Waals surface area contributed by atoms with Crippen LogP contribution in [0.25, 0.3) is 0 Å². The highest BCUT2D eigenvalue weighted by atomic mass is 35.5. The van der Waals surface area contributed by atoms with Crippen molar-refractivity contribution in [3.63, 3.8) is 0 Å². The first-order valence-electron chi connectivity index (χ1n) is 5.65. The topological polar surface area (TPSA) is 59.4 Å². The third kappa shape index (κ3) is 3.24. The number of benzene rings is 1. The average Bonchev–Trinajstić information content (AvgIpc) is 2.70. The molecule has 0 saturated heterocycles. The highest BCUT2D eigenvalue weighted by molar-refractivity contribution is 7.15. The van der Waals surface area contributed by atoms with E-state index in [1.165, 1.54) is 0 Å². The van der Waals surface area contributed by atoms with Crippen LogP contribution < -0.4 is 4.74 Å². The molecule has 0 radical (unpaired) electrons. The van der Waals surface area contributed by atoms with E-state index < -0.39 is 5.97 Å². The summed E-state index contributed by atoms with van der Waals surface area (Å²) in [6.07, 6.45) is 0. The monoisotopic (exact) mass is 297 g/mol. The second kappa shape index (κ2) is 5.59. The molecule has 2 rings (SSSR count). The second-order valence-corrected chi connectivity index (χ2v) is 5.55. The van der Waals surface area contributed by atoms with Gasteiger partial charge in [-0.2, -0.15) is 4.98 Å². The number of thiazole rings is 1. The molecule has 6 heteroatoms. The van der Waals surface area contributed by atoms with Crippen molar-refractivity contribution in [2.75, 3.05) is 0 Å². The number of ether oxygens (including phenoxy) is 1. The van der Waals surface area contributed by atoms with Crippen LogP contribution in [0.1, 0.15) is 35.0 Å². The lowest BCUT2D eigenvalue weighted by Gasteiger charge is -2.07. The number of halogens is 1. The molecule has 4 nitrogen and oxygen atoms in total. The zero-order valence-electron chi connectivity index (χ0n) is 10.4. The summed E-state index contributed by atoms with van der Waals surface area (Å²) >= 11 is 6.64. The molecule has 2 aromatic rings. The van der Waals surface area contributed by atoms with Gasteiger partial charge in [-0.05, 0) is 23.6 Å². The third-order valence-corrected chi connectivity index (χ3v) is 3.80. The molecule has 1 aromatic carbocycles. The molecule has 19 heavy (non-hydrogen) atoms. The summed E-state index contributed by atoms with van der Waals surface area (Å²) in [7, 11) is 0.